The van der Waals surface area contributed by atoms with Crippen molar-refractivity contribution in [2.24, 2.45) is 0 Å². The van der Waals surface area contributed by atoms with Gasteiger partial charge >= 0.3 is 5.63 Å². The molecule has 1 aliphatic heterocycles. The van der Waals surface area contributed by atoms with Gasteiger partial charge in [-0.2, -0.15) is 0 Å². The summed E-state index contributed by atoms with van der Waals surface area (Å²) in [6, 6.07) is 4.95. The summed E-state index contributed by atoms with van der Waals surface area (Å²) in [5.41, 5.74) is 0.871. The molecule has 28 heavy (non-hydrogen) atoms. The highest BCUT2D eigenvalue weighted by Crippen LogP contribution is 2.33. The second-order valence-corrected chi connectivity index (χ2v) is 6.19. The molecule has 0 amide bonds. The number of hydrogen-bond donors (Lipinski definition) is 0. The molecule has 0 bridgehead atoms. The highest BCUT2D eigenvalue weighted by Gasteiger charge is 2.12. The van der Waals surface area contributed by atoms with Gasteiger partial charge in [-0.1, -0.05) is 0 Å². The first-order chi connectivity index (χ1) is 13.7. The minimum Gasteiger partial charge on any atom is -0.487 e. The molecule has 1 aromatic carbocycles. The van der Waals surface area contributed by atoms with E-state index in [4.69, 9.17) is 32.8 Å². The fraction of sp³-hybridized carbons (Fsp3) is 0.550. The van der Waals surface area contributed by atoms with Crippen molar-refractivity contribution in [1.82, 2.24) is 0 Å². The fourth-order valence-corrected chi connectivity index (χ4v) is 2.73. The molecule has 0 fully saturated rings. The Labute approximate surface area is 163 Å². The molecule has 0 N–H and O–H groups in total. The normalized spacial score (nSPS) is 18.3. The van der Waals surface area contributed by atoms with Crippen molar-refractivity contribution >= 4 is 11.0 Å². The zero-order chi connectivity index (χ0) is 19.6. The monoisotopic (exact) mass is 394 g/mol. The van der Waals surface area contributed by atoms with Crippen LogP contribution in [0.1, 0.15) is 5.56 Å². The lowest BCUT2D eigenvalue weighted by atomic mass is 10.1. The highest BCUT2D eigenvalue weighted by molar-refractivity contribution is 5.83. The van der Waals surface area contributed by atoms with Crippen molar-refractivity contribution in [3.8, 4) is 11.5 Å². The molecule has 0 radical (unpaired) electrons. The molecule has 0 saturated carbocycles. The Morgan fingerprint density at radius 1 is 0.643 bits per heavy atom. The van der Waals surface area contributed by atoms with E-state index in [1.165, 1.54) is 6.07 Å². The number of aryl methyl sites for hydroxylation is 1. The first kappa shape index (κ1) is 20.6. The summed E-state index contributed by atoms with van der Waals surface area (Å²) < 4.78 is 38.8. The van der Waals surface area contributed by atoms with Crippen LogP contribution < -0.4 is 15.1 Å². The number of rotatable bonds is 0. The molecular formula is C20H26O8. The Kier molecular flexibility index (Phi) is 8.10. The second kappa shape index (κ2) is 11.0. The second-order valence-electron chi connectivity index (χ2n) is 6.19. The van der Waals surface area contributed by atoms with E-state index in [1.54, 1.807) is 6.07 Å². The molecule has 1 aliphatic rings. The maximum Gasteiger partial charge on any atom is 0.336 e. The van der Waals surface area contributed by atoms with Gasteiger partial charge in [0.25, 0.3) is 0 Å². The third kappa shape index (κ3) is 6.20. The summed E-state index contributed by atoms with van der Waals surface area (Å²) in [5.74, 6) is 1.05. The largest absolute Gasteiger partial charge is 0.487 e. The minimum atomic E-state index is -0.398. The summed E-state index contributed by atoms with van der Waals surface area (Å²) in [4.78, 5) is 11.7. The van der Waals surface area contributed by atoms with Crippen molar-refractivity contribution in [1.29, 1.82) is 0 Å². The molecule has 0 saturated heterocycles. The van der Waals surface area contributed by atoms with E-state index in [0.717, 1.165) is 10.9 Å². The van der Waals surface area contributed by atoms with Gasteiger partial charge in [0.1, 0.15) is 18.8 Å². The number of hydrogen-bond acceptors (Lipinski definition) is 8. The quantitative estimate of drug-likeness (QED) is 0.627. The smallest absolute Gasteiger partial charge is 0.336 e. The Morgan fingerprint density at radius 2 is 1.11 bits per heavy atom. The van der Waals surface area contributed by atoms with Crippen molar-refractivity contribution in [3.05, 3.63) is 34.2 Å². The summed E-state index contributed by atoms with van der Waals surface area (Å²) >= 11 is 0. The van der Waals surface area contributed by atoms with Gasteiger partial charge in [0.15, 0.2) is 11.5 Å². The lowest BCUT2D eigenvalue weighted by Gasteiger charge is -2.15. The van der Waals surface area contributed by atoms with Gasteiger partial charge in [-0.15, -0.1) is 0 Å². The van der Waals surface area contributed by atoms with Crippen LogP contribution in [0.25, 0.3) is 11.0 Å². The van der Waals surface area contributed by atoms with E-state index < -0.39 is 5.63 Å². The Hall–Kier alpha value is -2.13. The first-order valence-electron chi connectivity index (χ1n) is 9.39. The van der Waals surface area contributed by atoms with E-state index in [0.29, 0.717) is 83.2 Å². The molecule has 2 aromatic rings. The van der Waals surface area contributed by atoms with Gasteiger partial charge in [0.2, 0.25) is 0 Å². The molecule has 0 unspecified atom stereocenters. The molecule has 8 heteroatoms. The summed E-state index contributed by atoms with van der Waals surface area (Å²) in [7, 11) is 0. The first-order valence-corrected chi connectivity index (χ1v) is 9.39. The van der Waals surface area contributed by atoms with Gasteiger partial charge in [-0.25, -0.2) is 4.79 Å². The van der Waals surface area contributed by atoms with Crippen LogP contribution in [0, 0.1) is 6.92 Å². The molecule has 8 nitrogen and oxygen atoms in total. The molecule has 0 aliphatic carbocycles. The van der Waals surface area contributed by atoms with Crippen LogP contribution >= 0.6 is 0 Å². The number of fused-ring (bicyclic) bond motifs is 2. The average molecular weight is 394 g/mol. The van der Waals surface area contributed by atoms with Crippen LogP contribution in [0.2, 0.25) is 0 Å². The van der Waals surface area contributed by atoms with Gasteiger partial charge in [0, 0.05) is 17.5 Å². The molecule has 0 atom stereocenters. The fourth-order valence-electron chi connectivity index (χ4n) is 2.73. The third-order valence-electron chi connectivity index (χ3n) is 4.10. The summed E-state index contributed by atoms with van der Waals surface area (Å²) in [6.45, 7) is 6.37. The SMILES string of the molecule is Cc1cc(=O)oc2cc3c(cc12)OCCOCCOCCOCCOCCO3. The van der Waals surface area contributed by atoms with Crippen LogP contribution in [0.3, 0.4) is 0 Å². The molecule has 2 heterocycles. The zero-order valence-electron chi connectivity index (χ0n) is 16.1. The average Bonchev–Trinajstić information content (AvgIpc) is 2.67. The predicted molar refractivity (Wildman–Crippen MR) is 101 cm³/mol. The summed E-state index contributed by atoms with van der Waals surface area (Å²) in [6.07, 6.45) is 0. The standard InChI is InChI=1S/C20H26O8/c1-15-12-20(21)28-17-14-19-18(13-16(15)17)26-10-8-24-6-4-22-2-3-23-5-7-25-9-11-27-19/h12-14H,2-11H2,1H3. The van der Waals surface area contributed by atoms with Gasteiger partial charge in [-0.3, -0.25) is 0 Å². The molecule has 154 valence electrons. The van der Waals surface area contributed by atoms with Gasteiger partial charge < -0.3 is 32.8 Å². The summed E-state index contributed by atoms with van der Waals surface area (Å²) in [5, 5.41) is 0.798. The minimum absolute atomic E-state index is 0.331. The van der Waals surface area contributed by atoms with Crippen molar-refractivity contribution in [3.63, 3.8) is 0 Å². The lowest BCUT2D eigenvalue weighted by molar-refractivity contribution is -0.00840. The van der Waals surface area contributed by atoms with E-state index in [-0.39, 0.29) is 0 Å². The Bertz CT molecular complexity index is 801. The molecule has 3 rings (SSSR count). The van der Waals surface area contributed by atoms with Crippen LogP contribution in [-0.4, -0.2) is 66.1 Å². The van der Waals surface area contributed by atoms with Crippen molar-refractivity contribution in [2.45, 2.75) is 6.92 Å². The van der Waals surface area contributed by atoms with Crippen molar-refractivity contribution in [2.75, 3.05) is 66.1 Å². The Morgan fingerprint density at radius 3 is 1.64 bits per heavy atom. The van der Waals surface area contributed by atoms with E-state index in [9.17, 15) is 4.79 Å². The maximum absolute atomic E-state index is 11.7. The van der Waals surface area contributed by atoms with Crippen molar-refractivity contribution < 1.29 is 32.8 Å². The van der Waals surface area contributed by atoms with Crippen LogP contribution in [0.4, 0.5) is 0 Å². The molecular weight excluding hydrogens is 368 g/mol. The predicted octanol–water partition coefficient (Wildman–Crippen LogP) is 1.94. The Balaban J connectivity index is 1.73. The number of ether oxygens (including phenoxy) is 6. The molecule has 1 aromatic heterocycles. The van der Waals surface area contributed by atoms with E-state index in [2.05, 4.69) is 0 Å². The van der Waals surface area contributed by atoms with E-state index in [1.807, 2.05) is 13.0 Å². The highest BCUT2D eigenvalue weighted by atomic mass is 16.6. The van der Waals surface area contributed by atoms with E-state index >= 15 is 0 Å². The third-order valence-corrected chi connectivity index (χ3v) is 4.10. The topological polar surface area (TPSA) is 85.6 Å². The van der Waals surface area contributed by atoms with Gasteiger partial charge in [-0.05, 0) is 18.6 Å². The number of benzene rings is 1. The van der Waals surface area contributed by atoms with Crippen LogP contribution in [0.5, 0.6) is 11.5 Å². The molecule has 0 spiro atoms. The lowest BCUT2D eigenvalue weighted by Crippen LogP contribution is -2.16. The maximum atomic E-state index is 11.7. The zero-order valence-corrected chi connectivity index (χ0v) is 16.1. The van der Waals surface area contributed by atoms with Gasteiger partial charge in [0.05, 0.1) is 52.9 Å². The van der Waals surface area contributed by atoms with Crippen LogP contribution in [0.15, 0.2) is 27.4 Å². The van der Waals surface area contributed by atoms with Crippen LogP contribution in [-0.2, 0) is 18.9 Å².